The molecule has 0 bridgehead atoms. The predicted molar refractivity (Wildman–Crippen MR) is 68.4 cm³/mol. The van der Waals surface area contributed by atoms with Gasteiger partial charge in [0.15, 0.2) is 0 Å². The van der Waals surface area contributed by atoms with Gasteiger partial charge in [-0.1, -0.05) is 13.3 Å². The van der Waals surface area contributed by atoms with E-state index >= 15 is 0 Å². The average Bonchev–Trinajstić information content (AvgIpc) is 2.96. The Labute approximate surface area is 108 Å². The Hall–Kier alpha value is -0.940. The zero-order valence-electron chi connectivity index (χ0n) is 11.2. The van der Waals surface area contributed by atoms with Gasteiger partial charge in [-0.15, -0.1) is 10.2 Å². The second kappa shape index (κ2) is 4.97. The smallest absolute Gasteiger partial charge is 0.150 e. The lowest BCUT2D eigenvalue weighted by Gasteiger charge is -2.25. The Morgan fingerprint density at radius 1 is 1.39 bits per heavy atom. The van der Waals surface area contributed by atoms with Crippen LogP contribution >= 0.6 is 0 Å². The Morgan fingerprint density at radius 3 is 2.94 bits per heavy atom. The minimum atomic E-state index is 0.358. The molecule has 1 aromatic heterocycles. The van der Waals surface area contributed by atoms with Gasteiger partial charge in [0.2, 0.25) is 0 Å². The minimum absolute atomic E-state index is 0.358. The van der Waals surface area contributed by atoms with Gasteiger partial charge in [-0.2, -0.15) is 0 Å². The first kappa shape index (κ1) is 12.1. The van der Waals surface area contributed by atoms with E-state index < -0.39 is 0 Å². The van der Waals surface area contributed by atoms with Gasteiger partial charge >= 0.3 is 0 Å². The summed E-state index contributed by atoms with van der Waals surface area (Å²) in [5.41, 5.74) is 0. The summed E-state index contributed by atoms with van der Waals surface area (Å²) in [6.07, 6.45) is 3.74. The summed E-state index contributed by atoms with van der Waals surface area (Å²) in [6.45, 7) is 7.15. The monoisotopic (exact) mass is 250 g/mol. The Morgan fingerprint density at radius 2 is 2.22 bits per heavy atom. The minimum Gasteiger partial charge on any atom is -0.378 e. The van der Waals surface area contributed by atoms with Crippen molar-refractivity contribution in [3.8, 4) is 0 Å². The number of hydrogen-bond acceptors (Lipinski definition) is 4. The molecule has 0 aliphatic carbocycles. The SMILES string of the molecule is CCCC1NCCn2c(C3COC(C)C3)nnc21. The number of ether oxygens (including phenoxy) is 1. The molecule has 0 spiro atoms. The van der Waals surface area contributed by atoms with E-state index in [9.17, 15) is 0 Å². The number of fused-ring (bicyclic) bond motifs is 1. The molecule has 2 aliphatic heterocycles. The van der Waals surface area contributed by atoms with Gasteiger partial charge in [0.25, 0.3) is 0 Å². The van der Waals surface area contributed by atoms with Gasteiger partial charge in [0, 0.05) is 19.0 Å². The second-order valence-corrected chi connectivity index (χ2v) is 5.44. The van der Waals surface area contributed by atoms with Crippen LogP contribution in [0, 0.1) is 0 Å². The molecular formula is C13H22N4O. The van der Waals surface area contributed by atoms with E-state index in [-0.39, 0.29) is 0 Å². The van der Waals surface area contributed by atoms with Gasteiger partial charge in [-0.25, -0.2) is 0 Å². The first-order valence-corrected chi connectivity index (χ1v) is 7.07. The second-order valence-electron chi connectivity index (χ2n) is 5.44. The molecule has 1 saturated heterocycles. The molecule has 18 heavy (non-hydrogen) atoms. The van der Waals surface area contributed by atoms with Crippen molar-refractivity contribution in [2.45, 2.75) is 57.7 Å². The lowest BCUT2D eigenvalue weighted by Crippen LogP contribution is -2.34. The molecule has 2 aliphatic rings. The zero-order chi connectivity index (χ0) is 12.5. The average molecular weight is 250 g/mol. The number of nitrogens with zero attached hydrogens (tertiary/aromatic N) is 3. The topological polar surface area (TPSA) is 52.0 Å². The highest BCUT2D eigenvalue weighted by Gasteiger charge is 2.31. The first-order valence-electron chi connectivity index (χ1n) is 7.07. The summed E-state index contributed by atoms with van der Waals surface area (Å²) < 4.78 is 7.98. The highest BCUT2D eigenvalue weighted by molar-refractivity contribution is 5.09. The van der Waals surface area contributed by atoms with Crippen LogP contribution in [0.1, 0.15) is 56.7 Å². The van der Waals surface area contributed by atoms with E-state index in [1.165, 1.54) is 6.42 Å². The molecule has 1 N–H and O–H groups in total. The Balaban J connectivity index is 1.85. The van der Waals surface area contributed by atoms with Crippen LogP contribution in [0.3, 0.4) is 0 Å². The number of hydrogen-bond donors (Lipinski definition) is 1. The molecule has 3 heterocycles. The molecule has 5 nitrogen and oxygen atoms in total. The van der Waals surface area contributed by atoms with Crippen LogP contribution in [0.2, 0.25) is 0 Å². The molecule has 0 aromatic carbocycles. The van der Waals surface area contributed by atoms with E-state index in [1.54, 1.807) is 0 Å². The number of aromatic nitrogens is 3. The first-order chi connectivity index (χ1) is 8.79. The molecule has 0 radical (unpaired) electrons. The van der Waals surface area contributed by atoms with Crippen molar-refractivity contribution >= 4 is 0 Å². The van der Waals surface area contributed by atoms with Crippen LogP contribution in [0.25, 0.3) is 0 Å². The highest BCUT2D eigenvalue weighted by atomic mass is 16.5. The fraction of sp³-hybridized carbons (Fsp3) is 0.846. The van der Waals surface area contributed by atoms with Crippen molar-refractivity contribution in [1.29, 1.82) is 0 Å². The Bertz CT molecular complexity index is 417. The molecule has 1 fully saturated rings. The molecular weight excluding hydrogens is 228 g/mol. The summed E-state index contributed by atoms with van der Waals surface area (Å²) in [5, 5.41) is 12.4. The van der Waals surface area contributed by atoms with Crippen LogP contribution < -0.4 is 5.32 Å². The zero-order valence-corrected chi connectivity index (χ0v) is 11.2. The van der Waals surface area contributed by atoms with Crippen LogP contribution in [0.5, 0.6) is 0 Å². The summed E-state index contributed by atoms with van der Waals surface area (Å²) in [5.74, 6) is 2.69. The molecule has 0 saturated carbocycles. The van der Waals surface area contributed by atoms with Crippen LogP contribution in [0.4, 0.5) is 0 Å². The largest absolute Gasteiger partial charge is 0.378 e. The summed E-state index contributed by atoms with van der Waals surface area (Å²) in [7, 11) is 0. The van der Waals surface area contributed by atoms with E-state index in [0.717, 1.165) is 44.2 Å². The van der Waals surface area contributed by atoms with Crippen LogP contribution in [-0.4, -0.2) is 34.0 Å². The Kier molecular flexibility index (Phi) is 3.35. The summed E-state index contributed by atoms with van der Waals surface area (Å²) in [6, 6.07) is 0.379. The number of nitrogens with one attached hydrogen (secondary N) is 1. The lowest BCUT2D eigenvalue weighted by molar-refractivity contribution is 0.123. The van der Waals surface area contributed by atoms with Gasteiger partial charge in [0.05, 0.1) is 18.8 Å². The third kappa shape index (κ3) is 2.06. The normalized spacial score (nSPS) is 31.6. The van der Waals surface area contributed by atoms with E-state index in [0.29, 0.717) is 18.1 Å². The fourth-order valence-electron chi connectivity index (χ4n) is 3.08. The molecule has 5 heteroatoms. The number of rotatable bonds is 3. The van der Waals surface area contributed by atoms with Crippen molar-refractivity contribution in [2.24, 2.45) is 0 Å². The lowest BCUT2D eigenvalue weighted by atomic mass is 10.0. The molecule has 1 aromatic rings. The van der Waals surface area contributed by atoms with Crippen molar-refractivity contribution in [3.63, 3.8) is 0 Å². The van der Waals surface area contributed by atoms with Crippen molar-refractivity contribution in [3.05, 3.63) is 11.6 Å². The van der Waals surface area contributed by atoms with Crippen molar-refractivity contribution < 1.29 is 4.74 Å². The third-order valence-electron chi connectivity index (χ3n) is 3.99. The van der Waals surface area contributed by atoms with Crippen LogP contribution in [-0.2, 0) is 11.3 Å². The molecule has 100 valence electrons. The quantitative estimate of drug-likeness (QED) is 0.885. The van der Waals surface area contributed by atoms with E-state index in [4.69, 9.17) is 4.74 Å². The van der Waals surface area contributed by atoms with E-state index in [1.807, 2.05) is 0 Å². The molecule has 0 amide bonds. The highest BCUT2D eigenvalue weighted by Crippen LogP contribution is 2.30. The van der Waals surface area contributed by atoms with Gasteiger partial charge in [-0.05, 0) is 19.8 Å². The summed E-state index contributed by atoms with van der Waals surface area (Å²) in [4.78, 5) is 0. The standard InChI is InChI=1S/C13H22N4O/c1-3-4-11-13-16-15-12(17(13)6-5-14-11)10-7-9(2)18-8-10/h9-11,14H,3-8H2,1-2H3. The maximum atomic E-state index is 5.66. The fourth-order valence-corrected chi connectivity index (χ4v) is 3.08. The van der Waals surface area contributed by atoms with Crippen molar-refractivity contribution in [1.82, 2.24) is 20.1 Å². The molecule has 3 unspecified atom stereocenters. The van der Waals surface area contributed by atoms with Gasteiger partial charge in [0.1, 0.15) is 11.6 Å². The molecule has 3 rings (SSSR count). The van der Waals surface area contributed by atoms with Gasteiger partial charge in [-0.3, -0.25) is 0 Å². The molecule has 3 atom stereocenters. The third-order valence-corrected chi connectivity index (χ3v) is 3.99. The van der Waals surface area contributed by atoms with Crippen LogP contribution in [0.15, 0.2) is 0 Å². The summed E-state index contributed by atoms with van der Waals surface area (Å²) >= 11 is 0. The van der Waals surface area contributed by atoms with E-state index in [2.05, 4.69) is 33.9 Å². The maximum absolute atomic E-state index is 5.66. The maximum Gasteiger partial charge on any atom is 0.150 e. The van der Waals surface area contributed by atoms with Crippen molar-refractivity contribution in [2.75, 3.05) is 13.2 Å². The predicted octanol–water partition coefficient (Wildman–Crippen LogP) is 1.61. The van der Waals surface area contributed by atoms with Gasteiger partial charge < -0.3 is 14.6 Å².